The van der Waals surface area contributed by atoms with Gasteiger partial charge in [0.15, 0.2) is 37.9 Å². The molecule has 6 heteroatoms. The molecular weight excluding hydrogens is 553 g/mol. The van der Waals surface area contributed by atoms with Crippen LogP contribution in [0.1, 0.15) is 22.3 Å². The summed E-state index contributed by atoms with van der Waals surface area (Å²) in [6.45, 7) is 2.02. The summed E-state index contributed by atoms with van der Waals surface area (Å²) in [5.74, 6) is 2.17. The average Bonchev–Trinajstić information content (AvgIpc) is 3.53. The van der Waals surface area contributed by atoms with Gasteiger partial charge in [-0.2, -0.15) is 0 Å². The Hall–Kier alpha value is -4.00. The lowest BCUT2D eigenvalue weighted by Gasteiger charge is -2.00. The van der Waals surface area contributed by atoms with Crippen LogP contribution in [0, 0.1) is 0 Å². The number of aromatic nitrogens is 4. The normalized spacial score (nSPS) is 12.0. The Kier molecular flexibility index (Phi) is 8.92. The van der Waals surface area contributed by atoms with Gasteiger partial charge in [-0.25, -0.2) is 9.13 Å². The zero-order chi connectivity index (χ0) is 28.7. The van der Waals surface area contributed by atoms with Crippen LogP contribution < -0.4 is 9.13 Å². The van der Waals surface area contributed by atoms with Crippen LogP contribution in [0.25, 0.3) is 46.1 Å². The monoisotopic (exact) mass is 588 g/mol. The van der Waals surface area contributed by atoms with E-state index in [1.807, 2.05) is 21.6 Å². The summed E-state index contributed by atoms with van der Waals surface area (Å²) in [4.78, 5) is 0. The maximum absolute atomic E-state index is 2.27. The first-order valence-corrected chi connectivity index (χ1v) is 16.8. The summed E-state index contributed by atoms with van der Waals surface area (Å²) < 4.78 is 8.90. The Labute approximate surface area is 256 Å². The van der Waals surface area contributed by atoms with Gasteiger partial charge in [-0.1, -0.05) is 82.3 Å². The van der Waals surface area contributed by atoms with Crippen molar-refractivity contribution in [3.05, 3.63) is 132 Å². The summed E-state index contributed by atoms with van der Waals surface area (Å²) >= 11 is 0. The average molecular weight is 589 g/mol. The fourth-order valence-electron chi connectivity index (χ4n) is 5.24. The number of para-hydroxylation sites is 2. The van der Waals surface area contributed by atoms with Crippen molar-refractivity contribution in [2.75, 3.05) is 11.5 Å². The number of fused-ring (bicyclic) bond motifs is 2. The first kappa shape index (κ1) is 28.1. The van der Waals surface area contributed by atoms with Gasteiger partial charge in [0.1, 0.15) is 0 Å². The van der Waals surface area contributed by atoms with Gasteiger partial charge in [-0.15, -0.1) is 0 Å². The van der Waals surface area contributed by atoms with Gasteiger partial charge in [-0.05, 0) is 34.4 Å². The van der Waals surface area contributed by atoms with Gasteiger partial charge in [0.05, 0.1) is 11.5 Å². The summed E-state index contributed by atoms with van der Waals surface area (Å²) in [5.41, 5.74) is 7.45. The molecule has 0 N–H and O–H groups in total. The molecule has 0 atom stereocenters. The Morgan fingerprint density at radius 1 is 0.548 bits per heavy atom. The molecule has 0 radical (unpaired) electrons. The highest BCUT2D eigenvalue weighted by atomic mass is 33.1. The molecule has 4 nitrogen and oxygen atoms in total. The van der Waals surface area contributed by atoms with E-state index in [-0.39, 0.29) is 0 Å². The molecule has 0 aliphatic rings. The van der Waals surface area contributed by atoms with Crippen molar-refractivity contribution in [3.8, 4) is 0 Å². The van der Waals surface area contributed by atoms with Gasteiger partial charge in [-0.3, -0.25) is 0 Å². The zero-order valence-corrected chi connectivity index (χ0v) is 25.8. The number of pyridine rings is 2. The highest BCUT2D eigenvalue weighted by Gasteiger charge is 2.06. The maximum atomic E-state index is 2.27. The van der Waals surface area contributed by atoms with E-state index in [9.17, 15) is 0 Å². The van der Waals surface area contributed by atoms with Crippen LogP contribution >= 0.6 is 21.6 Å². The summed E-state index contributed by atoms with van der Waals surface area (Å²) in [7, 11) is 8.10. The van der Waals surface area contributed by atoms with Gasteiger partial charge < -0.3 is 9.13 Å². The number of benzene rings is 2. The minimum absolute atomic E-state index is 1.01. The molecule has 0 spiro atoms. The van der Waals surface area contributed by atoms with Crippen LogP contribution in [-0.4, -0.2) is 20.6 Å². The van der Waals surface area contributed by atoms with Crippen LogP contribution in [0.2, 0.25) is 0 Å². The largest absolute Gasteiger partial charge is 0.350 e. The number of hydrogen-bond acceptors (Lipinski definition) is 2. The first-order chi connectivity index (χ1) is 20.6. The molecule has 0 saturated carbocycles. The molecule has 0 aliphatic heterocycles. The van der Waals surface area contributed by atoms with Crippen molar-refractivity contribution < 1.29 is 9.13 Å². The van der Waals surface area contributed by atoms with Gasteiger partial charge in [0, 0.05) is 72.6 Å². The van der Waals surface area contributed by atoms with E-state index in [2.05, 4.69) is 167 Å². The molecule has 6 rings (SSSR count). The van der Waals surface area contributed by atoms with Crippen molar-refractivity contribution in [1.82, 2.24) is 9.13 Å². The van der Waals surface area contributed by atoms with Crippen LogP contribution in [-0.2, 0) is 27.2 Å². The topological polar surface area (TPSA) is 17.6 Å². The smallest absolute Gasteiger partial charge is 0.169 e. The van der Waals surface area contributed by atoms with Gasteiger partial charge in [0.25, 0.3) is 0 Å². The standard InChI is InChI=1S/C36H36N4S2/c1-37-27-31(33-7-3-5-9-35(33)37)13-11-29-15-19-39(20-16-29)23-25-41-42-26-24-40-21-17-30(18-22-40)12-14-32-28-38(2)36-10-6-4-8-34(32)36/h3-22,27-28H,23-26H2,1-2H3/q+2. The maximum Gasteiger partial charge on any atom is 0.169 e. The Bertz CT molecular complexity index is 1710. The van der Waals surface area contributed by atoms with Crippen molar-refractivity contribution in [1.29, 1.82) is 0 Å². The van der Waals surface area contributed by atoms with Crippen molar-refractivity contribution in [2.45, 2.75) is 13.1 Å². The van der Waals surface area contributed by atoms with E-state index in [4.69, 9.17) is 0 Å². The summed E-state index contributed by atoms with van der Waals surface area (Å²) in [5, 5.41) is 2.58. The third kappa shape index (κ3) is 6.72. The van der Waals surface area contributed by atoms with E-state index in [1.165, 1.54) is 44.1 Å². The molecule has 0 bridgehead atoms. The van der Waals surface area contributed by atoms with E-state index in [0.29, 0.717) is 0 Å². The first-order valence-electron chi connectivity index (χ1n) is 14.3. The molecule has 0 saturated heterocycles. The second kappa shape index (κ2) is 13.3. The Balaban J connectivity index is 0.916. The number of aryl methyl sites for hydroxylation is 4. The van der Waals surface area contributed by atoms with E-state index in [0.717, 1.165) is 24.6 Å². The second-order valence-corrected chi connectivity index (χ2v) is 13.2. The molecular formula is C36H36N4S2+2. The quantitative estimate of drug-likeness (QED) is 0.0878. The van der Waals surface area contributed by atoms with E-state index < -0.39 is 0 Å². The fraction of sp³-hybridized carbons (Fsp3) is 0.167. The van der Waals surface area contributed by atoms with Crippen LogP contribution in [0.15, 0.2) is 110 Å². The molecule has 2 aromatic carbocycles. The highest BCUT2D eigenvalue weighted by molar-refractivity contribution is 8.76. The lowest BCUT2D eigenvalue weighted by atomic mass is 10.1. The third-order valence-corrected chi connectivity index (χ3v) is 9.91. The van der Waals surface area contributed by atoms with Crippen molar-refractivity contribution >= 4 is 67.7 Å². The van der Waals surface area contributed by atoms with Crippen LogP contribution in [0.4, 0.5) is 0 Å². The van der Waals surface area contributed by atoms with Crippen LogP contribution in [0.3, 0.4) is 0 Å². The van der Waals surface area contributed by atoms with Crippen molar-refractivity contribution in [3.63, 3.8) is 0 Å². The number of rotatable bonds is 11. The highest BCUT2D eigenvalue weighted by Crippen LogP contribution is 2.24. The lowest BCUT2D eigenvalue weighted by molar-refractivity contribution is -0.692. The second-order valence-electron chi connectivity index (χ2n) is 10.5. The molecule has 0 aliphatic carbocycles. The zero-order valence-electron chi connectivity index (χ0n) is 24.1. The predicted octanol–water partition coefficient (Wildman–Crippen LogP) is 7.67. The molecule has 42 heavy (non-hydrogen) atoms. The van der Waals surface area contributed by atoms with E-state index in [1.54, 1.807) is 0 Å². The summed E-state index contributed by atoms with van der Waals surface area (Å²) in [6, 6.07) is 25.8. The minimum Gasteiger partial charge on any atom is -0.350 e. The van der Waals surface area contributed by atoms with Gasteiger partial charge >= 0.3 is 0 Å². The van der Waals surface area contributed by atoms with E-state index >= 15 is 0 Å². The summed E-state index contributed by atoms with van der Waals surface area (Å²) in [6.07, 6.45) is 21.9. The van der Waals surface area contributed by atoms with Gasteiger partial charge in [0.2, 0.25) is 0 Å². The van der Waals surface area contributed by atoms with Crippen LogP contribution in [0.5, 0.6) is 0 Å². The van der Waals surface area contributed by atoms with Crippen molar-refractivity contribution in [2.24, 2.45) is 14.1 Å². The molecule has 4 aromatic heterocycles. The molecule has 210 valence electrons. The third-order valence-electron chi connectivity index (χ3n) is 7.55. The number of hydrogen-bond donors (Lipinski definition) is 0. The Morgan fingerprint density at radius 2 is 0.952 bits per heavy atom. The molecule has 6 aromatic rings. The fourth-order valence-corrected chi connectivity index (χ4v) is 7.21. The molecule has 0 fully saturated rings. The lowest BCUT2D eigenvalue weighted by Crippen LogP contribution is -2.34. The molecule has 0 amide bonds. The Morgan fingerprint density at radius 3 is 1.38 bits per heavy atom. The number of nitrogens with zero attached hydrogens (tertiary/aromatic N) is 4. The SMILES string of the molecule is Cn1cc(/C=C/c2cc[n+](CCSSCC[n+]3ccc(/C=C/c4cn(C)c5ccccc45)cc3)cc2)c2ccccc21. The predicted molar refractivity (Wildman–Crippen MR) is 182 cm³/mol. The molecule has 4 heterocycles. The minimum atomic E-state index is 1.01. The molecule has 0 unspecified atom stereocenters.